The molecule has 0 fully saturated rings. The van der Waals surface area contributed by atoms with Gasteiger partial charge in [0.2, 0.25) is 0 Å². The standard InChI is InChI=1S/C26H48O5Si/c1-13-17(3)24(31-32(11,12)26(8,9)10)20(6)22(27)18(4)14-16(2)15-19(5)23(28)21(7)25(29)30/h14,18-21,23-24,28H,3,13,15H2,1-2,4-12H3,(H,29,30)/b16-14+/t18-,19+,20-,21+,23-,24-/m1/s1. The molecule has 0 aromatic heterocycles. The number of rotatable bonds is 13. The lowest BCUT2D eigenvalue weighted by atomic mass is 9.85. The van der Waals surface area contributed by atoms with E-state index in [1.165, 1.54) is 6.92 Å². The average molecular weight is 469 g/mol. The summed E-state index contributed by atoms with van der Waals surface area (Å²) in [5.74, 6) is -2.56. The highest BCUT2D eigenvalue weighted by Crippen LogP contribution is 2.39. The van der Waals surface area contributed by atoms with Gasteiger partial charge in [0.05, 0.1) is 18.1 Å². The summed E-state index contributed by atoms with van der Waals surface area (Å²) < 4.78 is 6.65. The molecule has 2 N–H and O–H groups in total. The molecule has 0 unspecified atom stereocenters. The topological polar surface area (TPSA) is 83.8 Å². The molecule has 0 aromatic rings. The van der Waals surface area contributed by atoms with Gasteiger partial charge in [-0.2, -0.15) is 0 Å². The fraction of sp³-hybridized carbons (Fsp3) is 0.769. The first-order valence-corrected chi connectivity index (χ1v) is 14.8. The first kappa shape index (κ1) is 30.8. The minimum absolute atomic E-state index is 0.0359. The van der Waals surface area contributed by atoms with Crippen LogP contribution in [0.15, 0.2) is 23.8 Å². The monoisotopic (exact) mass is 468 g/mol. The largest absolute Gasteiger partial charge is 0.481 e. The Morgan fingerprint density at radius 2 is 1.59 bits per heavy atom. The van der Waals surface area contributed by atoms with Crippen LogP contribution in [-0.4, -0.2) is 42.5 Å². The van der Waals surface area contributed by atoms with Crippen LogP contribution in [-0.2, 0) is 14.0 Å². The Morgan fingerprint density at radius 3 is 2.00 bits per heavy atom. The normalized spacial score (nSPS) is 18.9. The lowest BCUT2D eigenvalue weighted by Crippen LogP contribution is -2.47. The number of carbonyl (C=O) groups is 2. The highest BCUT2D eigenvalue weighted by Gasteiger charge is 2.42. The van der Waals surface area contributed by atoms with Crippen molar-refractivity contribution in [3.8, 4) is 0 Å². The first-order chi connectivity index (χ1) is 14.4. The zero-order chi connectivity index (χ0) is 25.6. The van der Waals surface area contributed by atoms with Gasteiger partial charge in [-0.3, -0.25) is 9.59 Å². The van der Waals surface area contributed by atoms with Gasteiger partial charge in [-0.05, 0) is 56.3 Å². The van der Waals surface area contributed by atoms with Gasteiger partial charge in [-0.1, -0.05) is 66.7 Å². The summed E-state index contributed by atoms with van der Waals surface area (Å²) in [6.45, 7) is 26.3. The van der Waals surface area contributed by atoms with E-state index < -0.39 is 26.3 Å². The zero-order valence-electron chi connectivity index (χ0n) is 22.3. The third-order valence-electron chi connectivity index (χ3n) is 7.10. The molecular weight excluding hydrogens is 420 g/mol. The van der Waals surface area contributed by atoms with Gasteiger partial charge in [0.15, 0.2) is 8.32 Å². The Kier molecular flexibility index (Phi) is 11.8. The molecule has 32 heavy (non-hydrogen) atoms. The number of allylic oxidation sites excluding steroid dienone is 2. The lowest BCUT2D eigenvalue weighted by molar-refractivity contribution is -0.146. The van der Waals surface area contributed by atoms with Gasteiger partial charge in [0.1, 0.15) is 5.78 Å². The van der Waals surface area contributed by atoms with E-state index in [4.69, 9.17) is 9.53 Å². The summed E-state index contributed by atoms with van der Waals surface area (Å²) in [6, 6.07) is 0. The highest BCUT2D eigenvalue weighted by atomic mass is 28.4. The van der Waals surface area contributed by atoms with Crippen molar-refractivity contribution in [1.82, 2.24) is 0 Å². The Balaban J connectivity index is 5.48. The quantitative estimate of drug-likeness (QED) is 0.247. The van der Waals surface area contributed by atoms with Crippen LogP contribution in [0.5, 0.6) is 0 Å². The number of carboxylic acid groups (broad SMARTS) is 1. The number of aliphatic carboxylic acids is 1. The second-order valence-corrected chi connectivity index (χ2v) is 15.9. The van der Waals surface area contributed by atoms with Gasteiger partial charge in [0.25, 0.3) is 0 Å². The van der Waals surface area contributed by atoms with Crippen molar-refractivity contribution < 1.29 is 24.2 Å². The second kappa shape index (κ2) is 12.3. The van der Waals surface area contributed by atoms with Crippen molar-refractivity contribution in [3.05, 3.63) is 23.8 Å². The van der Waals surface area contributed by atoms with Crippen LogP contribution in [0.2, 0.25) is 18.1 Å². The summed E-state index contributed by atoms with van der Waals surface area (Å²) >= 11 is 0. The van der Waals surface area contributed by atoms with Gasteiger partial charge < -0.3 is 14.6 Å². The molecular formula is C26H48O5Si. The average Bonchev–Trinajstić information content (AvgIpc) is 2.67. The molecule has 0 radical (unpaired) electrons. The van der Waals surface area contributed by atoms with E-state index in [0.29, 0.717) is 6.42 Å². The van der Waals surface area contributed by atoms with E-state index in [2.05, 4.69) is 40.4 Å². The Bertz CT molecular complexity index is 689. The molecule has 0 amide bonds. The van der Waals surface area contributed by atoms with Crippen molar-refractivity contribution in [2.24, 2.45) is 23.7 Å². The summed E-state index contributed by atoms with van der Waals surface area (Å²) in [4.78, 5) is 24.5. The molecule has 5 nitrogen and oxygen atoms in total. The maximum Gasteiger partial charge on any atom is 0.308 e. The van der Waals surface area contributed by atoms with E-state index in [-0.39, 0.29) is 34.7 Å². The third-order valence-corrected chi connectivity index (χ3v) is 11.6. The number of ketones is 1. The number of aliphatic hydroxyl groups excluding tert-OH is 1. The van der Waals surface area contributed by atoms with Gasteiger partial charge >= 0.3 is 5.97 Å². The smallest absolute Gasteiger partial charge is 0.308 e. The van der Waals surface area contributed by atoms with Crippen LogP contribution in [0.25, 0.3) is 0 Å². The summed E-state index contributed by atoms with van der Waals surface area (Å²) in [5, 5.41) is 19.4. The van der Waals surface area contributed by atoms with Gasteiger partial charge in [-0.25, -0.2) is 0 Å². The van der Waals surface area contributed by atoms with Crippen molar-refractivity contribution in [2.75, 3.05) is 0 Å². The molecule has 0 saturated heterocycles. The Labute approximate surface area is 197 Å². The fourth-order valence-electron chi connectivity index (χ4n) is 3.64. The van der Waals surface area contributed by atoms with E-state index in [0.717, 1.165) is 17.6 Å². The van der Waals surface area contributed by atoms with Crippen molar-refractivity contribution in [3.63, 3.8) is 0 Å². The van der Waals surface area contributed by atoms with Gasteiger partial charge in [-0.15, -0.1) is 0 Å². The maximum atomic E-state index is 13.3. The number of carboxylic acids is 1. The number of carbonyl (C=O) groups excluding carboxylic acids is 1. The second-order valence-electron chi connectivity index (χ2n) is 11.1. The van der Waals surface area contributed by atoms with Crippen molar-refractivity contribution in [2.45, 2.75) is 105 Å². The van der Waals surface area contributed by atoms with Crippen LogP contribution >= 0.6 is 0 Å². The van der Waals surface area contributed by atoms with E-state index in [1.54, 1.807) is 0 Å². The van der Waals surface area contributed by atoms with Crippen LogP contribution in [0.4, 0.5) is 0 Å². The fourth-order valence-corrected chi connectivity index (χ4v) is 5.00. The molecule has 0 aliphatic rings. The maximum absolute atomic E-state index is 13.3. The Morgan fingerprint density at radius 1 is 1.09 bits per heavy atom. The molecule has 0 bridgehead atoms. The zero-order valence-corrected chi connectivity index (χ0v) is 23.3. The third kappa shape index (κ3) is 8.60. The molecule has 0 saturated carbocycles. The SMILES string of the molecule is C=C(CC)[C@@H](O[Si](C)(C)C(C)(C)C)[C@H](C)C(=O)[C@H](C)/C=C(\C)C[C@H](C)[C@@H](O)[C@H](C)C(=O)O. The first-order valence-electron chi connectivity index (χ1n) is 11.8. The Hall–Kier alpha value is -1.24. The molecule has 0 aliphatic carbocycles. The molecule has 0 aromatic carbocycles. The predicted molar refractivity (Wildman–Crippen MR) is 135 cm³/mol. The summed E-state index contributed by atoms with van der Waals surface area (Å²) in [5.41, 5.74) is 1.92. The van der Waals surface area contributed by atoms with E-state index in [1.807, 2.05) is 40.7 Å². The predicted octanol–water partition coefficient (Wildman–Crippen LogP) is 6.24. The number of hydrogen-bond donors (Lipinski definition) is 2. The molecule has 6 heteroatoms. The van der Waals surface area contributed by atoms with Crippen molar-refractivity contribution in [1.29, 1.82) is 0 Å². The molecule has 0 rings (SSSR count). The number of aliphatic hydroxyl groups is 1. The van der Waals surface area contributed by atoms with E-state index >= 15 is 0 Å². The number of Topliss-reactive ketones (excluding diaryl/α,β-unsaturated/α-hetero) is 1. The molecule has 0 heterocycles. The van der Waals surface area contributed by atoms with Crippen molar-refractivity contribution >= 4 is 20.1 Å². The van der Waals surface area contributed by atoms with Crippen LogP contribution in [0.1, 0.15) is 75.2 Å². The van der Waals surface area contributed by atoms with Gasteiger partial charge in [0, 0.05) is 11.8 Å². The van der Waals surface area contributed by atoms with Crippen LogP contribution in [0, 0.1) is 23.7 Å². The number of hydrogen-bond acceptors (Lipinski definition) is 4. The molecule has 0 aliphatic heterocycles. The molecule has 186 valence electrons. The van der Waals surface area contributed by atoms with Crippen LogP contribution < -0.4 is 0 Å². The summed E-state index contributed by atoms with van der Waals surface area (Å²) in [6.07, 6.45) is 2.00. The van der Waals surface area contributed by atoms with Crippen LogP contribution in [0.3, 0.4) is 0 Å². The minimum atomic E-state index is -2.08. The molecule has 0 spiro atoms. The molecule has 6 atom stereocenters. The van der Waals surface area contributed by atoms with E-state index in [9.17, 15) is 14.7 Å². The lowest BCUT2D eigenvalue weighted by Gasteiger charge is -2.41. The minimum Gasteiger partial charge on any atom is -0.481 e. The summed E-state index contributed by atoms with van der Waals surface area (Å²) in [7, 11) is -2.08. The highest BCUT2D eigenvalue weighted by molar-refractivity contribution is 6.74.